The van der Waals surface area contributed by atoms with Gasteiger partial charge in [0.25, 0.3) is 0 Å². The van der Waals surface area contributed by atoms with E-state index in [-0.39, 0.29) is 58.1 Å². The number of halogens is 2. The molecule has 2 aromatic rings. The second-order valence-corrected chi connectivity index (χ2v) is 11.5. The third-order valence-corrected chi connectivity index (χ3v) is 7.67. The summed E-state index contributed by atoms with van der Waals surface area (Å²) in [6, 6.07) is 7.99. The molecular weight excluding hydrogens is 668 g/mol. The van der Waals surface area contributed by atoms with Crippen LogP contribution in [0.15, 0.2) is 48.8 Å². The highest BCUT2D eigenvalue weighted by molar-refractivity contribution is 8.93. The molecule has 236 valence electrons. The van der Waals surface area contributed by atoms with E-state index in [1.165, 1.54) is 0 Å². The topological polar surface area (TPSA) is 165 Å². The van der Waals surface area contributed by atoms with Crippen molar-refractivity contribution in [3.05, 3.63) is 54.4 Å². The van der Waals surface area contributed by atoms with Crippen molar-refractivity contribution < 1.29 is 19.5 Å². The van der Waals surface area contributed by atoms with Gasteiger partial charge in [-0.1, -0.05) is 76.3 Å². The molecular formula is C30H48Br2N6O4. The number of Topliss-reactive ketones (excluding diaryl/α,β-unsaturated/α-hetero) is 1. The summed E-state index contributed by atoms with van der Waals surface area (Å²) in [6.45, 7) is 4.40. The molecule has 1 aliphatic rings. The maximum absolute atomic E-state index is 14.2. The van der Waals surface area contributed by atoms with E-state index in [2.05, 4.69) is 15.7 Å². The van der Waals surface area contributed by atoms with Gasteiger partial charge in [0.1, 0.15) is 12.1 Å². The molecule has 0 aliphatic heterocycles. The molecule has 2 amide bonds. The summed E-state index contributed by atoms with van der Waals surface area (Å²) in [5.74, 6) is -1.85. The fourth-order valence-electron chi connectivity index (χ4n) is 5.33. The molecule has 1 unspecified atom stereocenters. The maximum atomic E-state index is 14.2. The van der Waals surface area contributed by atoms with E-state index in [1.807, 2.05) is 44.2 Å². The highest BCUT2D eigenvalue weighted by Gasteiger charge is 2.40. The lowest BCUT2D eigenvalue weighted by atomic mass is 9.77. The lowest BCUT2D eigenvalue weighted by Crippen LogP contribution is -2.57. The summed E-state index contributed by atoms with van der Waals surface area (Å²) in [7, 11) is 0. The number of nitrogens with two attached hydrogens (primary N) is 2. The molecule has 3 rings (SSSR count). The Hall–Kier alpha value is -2.12. The van der Waals surface area contributed by atoms with Crippen LogP contribution in [-0.2, 0) is 27.3 Å². The standard InChI is InChI=1S/C30H46N6O4.2BrH/c1-20(2)18-33-30(40)26(32)28(38)23(16-21-10-5-3-6-11-21)27(37)25(19-36-15-9-14-34-36)35-29(39)24(31)17-22-12-7-4-8-13-22;;/h4,7-9,12-15,20-21,23-26,28,38H,3,5-6,10-11,16-19,31-32H2,1-2H3,(H,33,40)(H,35,39);2*1H/t23-,24+,25+,26?,28+;;/m1../s1. The predicted octanol–water partition coefficient (Wildman–Crippen LogP) is 2.71. The number of aliphatic hydroxyl groups excluding tert-OH is 1. The van der Waals surface area contributed by atoms with Crippen LogP contribution in [0.25, 0.3) is 0 Å². The highest BCUT2D eigenvalue weighted by Crippen LogP contribution is 2.31. The molecule has 1 aromatic carbocycles. The van der Waals surface area contributed by atoms with Gasteiger partial charge in [0.05, 0.1) is 18.7 Å². The van der Waals surface area contributed by atoms with Gasteiger partial charge in [-0.05, 0) is 36.3 Å². The third-order valence-electron chi connectivity index (χ3n) is 7.67. The van der Waals surface area contributed by atoms with Crippen LogP contribution in [0.4, 0.5) is 0 Å². The van der Waals surface area contributed by atoms with Gasteiger partial charge < -0.3 is 27.2 Å². The number of aromatic nitrogens is 2. The average Bonchev–Trinajstić information content (AvgIpc) is 3.47. The molecule has 5 atom stereocenters. The van der Waals surface area contributed by atoms with Crippen LogP contribution in [0.1, 0.15) is 57.9 Å². The molecule has 10 nitrogen and oxygen atoms in total. The molecule has 1 aliphatic carbocycles. The zero-order valence-electron chi connectivity index (χ0n) is 24.6. The number of carbonyl (C=O) groups is 3. The lowest BCUT2D eigenvalue weighted by molar-refractivity contribution is -0.136. The first-order chi connectivity index (χ1) is 19.2. The van der Waals surface area contributed by atoms with Gasteiger partial charge >= 0.3 is 0 Å². The molecule has 0 saturated heterocycles. The Kier molecular flexibility index (Phi) is 17.3. The van der Waals surface area contributed by atoms with E-state index in [0.717, 1.165) is 37.7 Å². The van der Waals surface area contributed by atoms with E-state index < -0.39 is 42.0 Å². The molecule has 0 radical (unpaired) electrons. The number of aliphatic hydroxyl groups is 1. The van der Waals surface area contributed by atoms with Crippen molar-refractivity contribution in [1.82, 2.24) is 20.4 Å². The fraction of sp³-hybridized carbons (Fsp3) is 0.600. The second kappa shape index (κ2) is 19.2. The molecule has 0 spiro atoms. The molecule has 42 heavy (non-hydrogen) atoms. The van der Waals surface area contributed by atoms with Crippen LogP contribution >= 0.6 is 34.0 Å². The van der Waals surface area contributed by atoms with Gasteiger partial charge in [0, 0.05) is 24.9 Å². The van der Waals surface area contributed by atoms with Crippen molar-refractivity contribution in [1.29, 1.82) is 0 Å². The van der Waals surface area contributed by atoms with E-state index in [0.29, 0.717) is 19.4 Å². The smallest absolute Gasteiger partial charge is 0.239 e. The van der Waals surface area contributed by atoms with Crippen LogP contribution in [-0.4, -0.2) is 63.3 Å². The normalized spacial score (nSPS) is 17.1. The van der Waals surface area contributed by atoms with Gasteiger partial charge in [-0.2, -0.15) is 5.10 Å². The number of amides is 2. The molecule has 7 N–H and O–H groups in total. The first-order valence-corrected chi connectivity index (χ1v) is 14.5. The molecule has 1 fully saturated rings. The molecule has 1 aromatic heterocycles. The molecule has 1 saturated carbocycles. The van der Waals surface area contributed by atoms with Gasteiger partial charge in [0.15, 0.2) is 5.78 Å². The number of hydrogen-bond acceptors (Lipinski definition) is 7. The van der Waals surface area contributed by atoms with Gasteiger partial charge in [-0.3, -0.25) is 19.1 Å². The fourth-order valence-corrected chi connectivity index (χ4v) is 5.33. The largest absolute Gasteiger partial charge is 0.390 e. The van der Waals surface area contributed by atoms with Crippen LogP contribution in [0.2, 0.25) is 0 Å². The van der Waals surface area contributed by atoms with Gasteiger partial charge in [-0.25, -0.2) is 0 Å². The summed E-state index contributed by atoms with van der Waals surface area (Å²) in [6.07, 6.45) is 7.75. The Bertz CT molecular complexity index is 1070. The first-order valence-electron chi connectivity index (χ1n) is 14.5. The van der Waals surface area contributed by atoms with Crippen molar-refractivity contribution in [3.63, 3.8) is 0 Å². The predicted molar refractivity (Wildman–Crippen MR) is 174 cm³/mol. The lowest BCUT2D eigenvalue weighted by Gasteiger charge is -2.33. The highest BCUT2D eigenvalue weighted by atomic mass is 79.9. The Morgan fingerprint density at radius 3 is 2.29 bits per heavy atom. The quantitative estimate of drug-likeness (QED) is 0.189. The number of ketones is 1. The van der Waals surface area contributed by atoms with Crippen LogP contribution in [0.5, 0.6) is 0 Å². The molecule has 1 heterocycles. The number of carbonyl (C=O) groups excluding carboxylic acids is 3. The second-order valence-electron chi connectivity index (χ2n) is 11.5. The van der Waals surface area contributed by atoms with Crippen molar-refractivity contribution in [2.75, 3.05) is 6.54 Å². The van der Waals surface area contributed by atoms with Gasteiger partial charge in [-0.15, -0.1) is 34.0 Å². The zero-order valence-corrected chi connectivity index (χ0v) is 28.0. The summed E-state index contributed by atoms with van der Waals surface area (Å²) in [5.41, 5.74) is 13.4. The summed E-state index contributed by atoms with van der Waals surface area (Å²) in [5, 5.41) is 21.2. The van der Waals surface area contributed by atoms with Crippen LogP contribution in [0, 0.1) is 17.8 Å². The molecule has 12 heteroatoms. The minimum absolute atomic E-state index is 0. The third kappa shape index (κ3) is 11.9. The Morgan fingerprint density at radius 2 is 1.69 bits per heavy atom. The minimum atomic E-state index is -1.41. The Balaban J connectivity index is 0.00000441. The number of hydrogen-bond donors (Lipinski definition) is 5. The monoisotopic (exact) mass is 714 g/mol. The van der Waals surface area contributed by atoms with E-state index in [4.69, 9.17) is 11.5 Å². The van der Waals surface area contributed by atoms with Crippen molar-refractivity contribution in [2.24, 2.45) is 29.2 Å². The van der Waals surface area contributed by atoms with Gasteiger partial charge in [0.2, 0.25) is 11.8 Å². The molecule has 0 bridgehead atoms. The maximum Gasteiger partial charge on any atom is 0.239 e. The van der Waals surface area contributed by atoms with E-state index in [1.54, 1.807) is 23.1 Å². The first kappa shape index (κ1) is 37.9. The van der Waals surface area contributed by atoms with E-state index in [9.17, 15) is 19.5 Å². The van der Waals surface area contributed by atoms with Crippen molar-refractivity contribution in [2.45, 2.75) is 89.6 Å². The van der Waals surface area contributed by atoms with Crippen molar-refractivity contribution in [3.8, 4) is 0 Å². The van der Waals surface area contributed by atoms with Crippen LogP contribution in [0.3, 0.4) is 0 Å². The summed E-state index contributed by atoms with van der Waals surface area (Å²) < 4.78 is 1.56. The number of nitrogens with one attached hydrogen (secondary N) is 2. The van der Waals surface area contributed by atoms with Crippen molar-refractivity contribution >= 4 is 51.6 Å². The zero-order chi connectivity index (χ0) is 29.1. The number of benzene rings is 1. The Morgan fingerprint density at radius 1 is 1.02 bits per heavy atom. The Labute approximate surface area is 270 Å². The summed E-state index contributed by atoms with van der Waals surface area (Å²) in [4.78, 5) is 40.1. The SMILES string of the molecule is Br.Br.CC(C)CNC(=O)C(N)[C@@H](O)[C@H](CC1CCCCC1)C(=O)[C@H](Cn1cccn1)NC(=O)[C@@H](N)Cc1ccccc1. The average molecular weight is 717 g/mol. The van der Waals surface area contributed by atoms with Crippen LogP contribution < -0.4 is 22.1 Å². The number of rotatable bonds is 15. The minimum Gasteiger partial charge on any atom is -0.390 e. The number of nitrogens with zero attached hydrogens (tertiary/aromatic N) is 2. The summed E-state index contributed by atoms with van der Waals surface area (Å²) >= 11 is 0. The van der Waals surface area contributed by atoms with E-state index >= 15 is 0 Å².